The van der Waals surface area contributed by atoms with Crippen molar-refractivity contribution in [2.24, 2.45) is 0 Å². The number of carbonyl (C=O) groups is 1. The maximum atomic E-state index is 14.2. The quantitative estimate of drug-likeness (QED) is 0.0923. The molecule has 0 radical (unpaired) electrons. The van der Waals surface area contributed by atoms with E-state index in [2.05, 4.69) is 4.98 Å². The van der Waals surface area contributed by atoms with E-state index in [1.807, 2.05) is 47.8 Å². The van der Waals surface area contributed by atoms with E-state index >= 15 is 0 Å². The van der Waals surface area contributed by atoms with E-state index in [-0.39, 0.29) is 17.3 Å². The number of likely N-dealkylation sites (N-methyl/N-ethyl adjacent to an activating group) is 2. The topological polar surface area (TPSA) is 58.4 Å². The van der Waals surface area contributed by atoms with Crippen LogP contribution in [0.4, 0.5) is 17.6 Å². The molecule has 0 bridgehead atoms. The number of hydrogen-bond acceptors (Lipinski definition) is 5. The second kappa shape index (κ2) is 14.9. The molecule has 1 amide bonds. The number of nitrogens with zero attached hydrogens (tertiary/aromatic N) is 4. The van der Waals surface area contributed by atoms with Crippen LogP contribution in [-0.4, -0.2) is 59.5 Å². The Morgan fingerprint density at radius 1 is 0.894 bits per heavy atom. The lowest BCUT2D eigenvalue weighted by atomic mass is 9.99. The molecule has 3 aromatic carbocycles. The molecule has 11 heteroatoms. The minimum absolute atomic E-state index is 0.0728. The number of thioether (sulfide) groups is 1. The molecule has 0 saturated heterocycles. The molecule has 4 aromatic rings. The van der Waals surface area contributed by atoms with Crippen molar-refractivity contribution in [3.8, 4) is 11.1 Å². The van der Waals surface area contributed by atoms with Gasteiger partial charge in [-0.3, -0.25) is 9.59 Å². The molecule has 1 atom stereocenters. The predicted octanol–water partition coefficient (Wildman–Crippen LogP) is 7.04. The van der Waals surface area contributed by atoms with Crippen LogP contribution in [0.2, 0.25) is 0 Å². The normalized spacial score (nSPS) is 13.5. The van der Waals surface area contributed by atoms with Crippen LogP contribution in [0.25, 0.3) is 11.1 Å². The third-order valence-corrected chi connectivity index (χ3v) is 9.51. The zero-order valence-electron chi connectivity index (χ0n) is 26.7. The van der Waals surface area contributed by atoms with Crippen molar-refractivity contribution in [3.63, 3.8) is 0 Å². The standard InChI is InChI=1S/C36H38F4N4O2S/c1-42(2)21-22-43(3)34(46)32(20-11-24-7-12-26(13-8-24)27-14-16-28(17-15-27)36(38,39)40)44-31-6-4-5-30(31)33(45)41-35(44)47-23-25-9-18-29(37)19-10-25/h7-10,12-19,32H,4-6,11,20-23H2,1-3H3. The summed E-state index contributed by atoms with van der Waals surface area (Å²) in [4.78, 5) is 35.5. The molecular formula is C36H38F4N4O2S. The number of rotatable bonds is 12. The van der Waals surface area contributed by atoms with Crippen LogP contribution in [0.1, 0.15) is 46.8 Å². The lowest BCUT2D eigenvalue weighted by molar-refractivity contribution is -0.137. The highest BCUT2D eigenvalue weighted by atomic mass is 32.2. The highest BCUT2D eigenvalue weighted by molar-refractivity contribution is 7.98. The number of benzene rings is 3. The van der Waals surface area contributed by atoms with Gasteiger partial charge in [0.15, 0.2) is 5.16 Å². The van der Waals surface area contributed by atoms with Gasteiger partial charge < -0.3 is 14.4 Å². The summed E-state index contributed by atoms with van der Waals surface area (Å²) in [6.07, 6.45) is -1.30. The molecule has 1 aliphatic carbocycles. The number of carbonyl (C=O) groups excluding carboxylic acids is 1. The molecule has 248 valence electrons. The fourth-order valence-electron chi connectivity index (χ4n) is 5.80. The molecule has 1 heterocycles. The van der Waals surface area contributed by atoms with Gasteiger partial charge in [0, 0.05) is 37.1 Å². The molecule has 5 rings (SSSR count). The number of aromatic nitrogens is 2. The molecule has 1 unspecified atom stereocenters. The molecule has 0 spiro atoms. The fourth-order valence-corrected chi connectivity index (χ4v) is 6.81. The van der Waals surface area contributed by atoms with Crippen molar-refractivity contribution in [2.45, 2.75) is 55.2 Å². The van der Waals surface area contributed by atoms with Gasteiger partial charge in [0.05, 0.1) is 5.56 Å². The zero-order valence-corrected chi connectivity index (χ0v) is 27.5. The van der Waals surface area contributed by atoms with E-state index in [1.165, 1.54) is 36.0 Å². The Morgan fingerprint density at radius 2 is 1.51 bits per heavy atom. The van der Waals surface area contributed by atoms with Gasteiger partial charge in [-0.15, -0.1) is 0 Å². The molecule has 1 aliphatic rings. The maximum Gasteiger partial charge on any atom is 0.416 e. The van der Waals surface area contributed by atoms with Gasteiger partial charge >= 0.3 is 6.18 Å². The van der Waals surface area contributed by atoms with Crippen LogP contribution < -0.4 is 5.56 Å². The average molecular weight is 667 g/mol. The van der Waals surface area contributed by atoms with Crippen molar-refractivity contribution in [1.29, 1.82) is 0 Å². The smallest absolute Gasteiger partial charge is 0.343 e. The third kappa shape index (κ3) is 8.50. The van der Waals surface area contributed by atoms with Crippen LogP contribution in [0.5, 0.6) is 0 Å². The SMILES string of the molecule is CN(C)CCN(C)C(=O)C(CCc1ccc(-c2ccc(C(F)(F)F)cc2)cc1)n1c(SCc2ccc(F)cc2)nc(=O)c2c1CCC2. The van der Waals surface area contributed by atoms with E-state index in [4.69, 9.17) is 0 Å². The third-order valence-electron chi connectivity index (χ3n) is 8.48. The van der Waals surface area contributed by atoms with E-state index < -0.39 is 17.8 Å². The van der Waals surface area contributed by atoms with Crippen LogP contribution >= 0.6 is 11.8 Å². The minimum atomic E-state index is -4.39. The van der Waals surface area contributed by atoms with Gasteiger partial charge in [0.2, 0.25) is 5.91 Å². The maximum absolute atomic E-state index is 14.2. The number of amides is 1. The summed E-state index contributed by atoms with van der Waals surface area (Å²) < 4.78 is 54.6. The summed E-state index contributed by atoms with van der Waals surface area (Å²) >= 11 is 1.37. The number of aryl methyl sites for hydroxylation is 1. The summed E-state index contributed by atoms with van der Waals surface area (Å²) in [5, 5.41) is 0.469. The first-order valence-corrected chi connectivity index (χ1v) is 16.6. The van der Waals surface area contributed by atoms with Gasteiger partial charge in [-0.2, -0.15) is 18.2 Å². The molecule has 0 aliphatic heterocycles. The Hall–Kier alpha value is -3.96. The Labute approximate surface area is 276 Å². The first-order valence-electron chi connectivity index (χ1n) is 15.6. The highest BCUT2D eigenvalue weighted by Gasteiger charge is 2.32. The van der Waals surface area contributed by atoms with Crippen LogP contribution in [0.3, 0.4) is 0 Å². The molecule has 0 fully saturated rings. The van der Waals surface area contributed by atoms with Crippen molar-refractivity contribution < 1.29 is 22.4 Å². The van der Waals surface area contributed by atoms with Gasteiger partial charge in [-0.05, 0) is 92.7 Å². The Kier molecular flexibility index (Phi) is 10.9. The van der Waals surface area contributed by atoms with Gasteiger partial charge in [-0.25, -0.2) is 4.39 Å². The van der Waals surface area contributed by atoms with E-state index in [0.717, 1.165) is 40.9 Å². The summed E-state index contributed by atoms with van der Waals surface area (Å²) in [6.45, 7) is 1.21. The summed E-state index contributed by atoms with van der Waals surface area (Å²) in [5.74, 6) is 0.0513. The lowest BCUT2D eigenvalue weighted by Gasteiger charge is -2.30. The molecular weight excluding hydrogens is 628 g/mol. The van der Waals surface area contributed by atoms with Crippen LogP contribution in [-0.2, 0) is 36.0 Å². The molecule has 6 nitrogen and oxygen atoms in total. The van der Waals surface area contributed by atoms with Crippen molar-refractivity contribution >= 4 is 17.7 Å². The summed E-state index contributed by atoms with van der Waals surface area (Å²) in [5.41, 5.74) is 3.87. The molecule has 47 heavy (non-hydrogen) atoms. The molecule has 0 saturated carbocycles. The van der Waals surface area contributed by atoms with E-state index in [0.29, 0.717) is 60.8 Å². The number of fused-ring (bicyclic) bond motifs is 1. The Morgan fingerprint density at radius 3 is 2.13 bits per heavy atom. The summed E-state index contributed by atoms with van der Waals surface area (Å²) in [7, 11) is 5.69. The molecule has 0 N–H and O–H groups in total. The van der Waals surface area contributed by atoms with E-state index in [9.17, 15) is 27.2 Å². The number of alkyl halides is 3. The van der Waals surface area contributed by atoms with E-state index in [1.54, 1.807) is 24.1 Å². The monoisotopic (exact) mass is 666 g/mol. The Balaban J connectivity index is 1.44. The second-order valence-electron chi connectivity index (χ2n) is 12.2. The number of hydrogen-bond donors (Lipinski definition) is 0. The first kappa shape index (κ1) is 34.4. The molecule has 1 aromatic heterocycles. The van der Waals surface area contributed by atoms with Crippen LogP contribution in [0.15, 0.2) is 82.7 Å². The Bertz CT molecular complexity index is 1740. The fraction of sp³-hybridized carbons (Fsp3) is 0.361. The van der Waals surface area contributed by atoms with Gasteiger partial charge in [-0.1, -0.05) is 60.3 Å². The lowest BCUT2D eigenvalue weighted by Crippen LogP contribution is -2.40. The van der Waals surface area contributed by atoms with Crippen molar-refractivity contribution in [3.05, 3.63) is 117 Å². The predicted molar refractivity (Wildman–Crippen MR) is 177 cm³/mol. The largest absolute Gasteiger partial charge is 0.416 e. The minimum Gasteiger partial charge on any atom is -0.343 e. The van der Waals surface area contributed by atoms with Crippen molar-refractivity contribution in [1.82, 2.24) is 19.4 Å². The second-order valence-corrected chi connectivity index (χ2v) is 13.1. The summed E-state index contributed by atoms with van der Waals surface area (Å²) in [6, 6.07) is 18.3. The van der Waals surface area contributed by atoms with Crippen molar-refractivity contribution in [2.75, 3.05) is 34.2 Å². The number of halogens is 4. The van der Waals surface area contributed by atoms with Gasteiger partial charge in [0.1, 0.15) is 11.9 Å². The first-order chi connectivity index (χ1) is 22.4. The average Bonchev–Trinajstić information content (AvgIpc) is 3.55. The zero-order chi connectivity index (χ0) is 33.7. The van der Waals surface area contributed by atoms with Gasteiger partial charge in [0.25, 0.3) is 5.56 Å². The highest BCUT2D eigenvalue weighted by Crippen LogP contribution is 2.33. The van der Waals surface area contributed by atoms with Crippen LogP contribution in [0, 0.1) is 5.82 Å².